The first kappa shape index (κ1) is 9.42. The molecular weight excluding hydrogens is 202 g/mol. The average molecular weight is 215 g/mol. The summed E-state index contributed by atoms with van der Waals surface area (Å²) in [5.41, 5.74) is 8.42. The molecule has 2 aromatic rings. The van der Waals surface area contributed by atoms with Gasteiger partial charge in [-0.15, -0.1) is 0 Å². The SMILES string of the molecule is NC(c1ccc2c(c1)CCO2)c1ncc[nH]1. The van der Waals surface area contributed by atoms with Crippen LogP contribution in [0, 0.1) is 0 Å². The monoisotopic (exact) mass is 215 g/mol. The Hall–Kier alpha value is -1.81. The molecule has 1 aromatic heterocycles. The molecule has 3 rings (SSSR count). The lowest BCUT2D eigenvalue weighted by molar-refractivity contribution is 0.357. The van der Waals surface area contributed by atoms with Gasteiger partial charge in [0.25, 0.3) is 0 Å². The second kappa shape index (κ2) is 3.64. The fraction of sp³-hybridized carbons (Fsp3) is 0.250. The van der Waals surface area contributed by atoms with E-state index in [1.165, 1.54) is 5.56 Å². The molecule has 0 fully saturated rings. The molecule has 3 N–H and O–H groups in total. The van der Waals surface area contributed by atoms with Crippen LogP contribution in [-0.4, -0.2) is 16.6 Å². The van der Waals surface area contributed by atoms with Gasteiger partial charge in [-0.3, -0.25) is 0 Å². The van der Waals surface area contributed by atoms with Gasteiger partial charge in [0.2, 0.25) is 0 Å². The van der Waals surface area contributed by atoms with Crippen molar-refractivity contribution in [1.29, 1.82) is 0 Å². The zero-order valence-electron chi connectivity index (χ0n) is 8.81. The molecule has 1 aromatic carbocycles. The van der Waals surface area contributed by atoms with Crippen LogP contribution < -0.4 is 10.5 Å². The Balaban J connectivity index is 1.95. The molecule has 82 valence electrons. The van der Waals surface area contributed by atoms with Crippen molar-refractivity contribution in [2.75, 3.05) is 6.61 Å². The third-order valence-electron chi connectivity index (χ3n) is 2.89. The minimum absolute atomic E-state index is 0.194. The molecule has 0 saturated heterocycles. The number of hydrogen-bond acceptors (Lipinski definition) is 3. The molecule has 0 spiro atoms. The van der Waals surface area contributed by atoms with Crippen molar-refractivity contribution in [2.24, 2.45) is 5.73 Å². The number of aromatic nitrogens is 2. The smallest absolute Gasteiger partial charge is 0.127 e. The van der Waals surface area contributed by atoms with Crippen LogP contribution in [0.2, 0.25) is 0 Å². The highest BCUT2D eigenvalue weighted by molar-refractivity contribution is 5.41. The van der Waals surface area contributed by atoms with Crippen molar-refractivity contribution in [3.63, 3.8) is 0 Å². The second-order valence-corrected chi connectivity index (χ2v) is 3.92. The highest BCUT2D eigenvalue weighted by Crippen LogP contribution is 2.28. The van der Waals surface area contributed by atoms with E-state index in [1.807, 2.05) is 12.1 Å². The van der Waals surface area contributed by atoms with Gasteiger partial charge in [0.15, 0.2) is 0 Å². The summed E-state index contributed by atoms with van der Waals surface area (Å²) >= 11 is 0. The number of hydrogen-bond donors (Lipinski definition) is 2. The molecule has 1 unspecified atom stereocenters. The van der Waals surface area contributed by atoms with E-state index >= 15 is 0 Å². The Kier molecular flexibility index (Phi) is 2.15. The number of fused-ring (bicyclic) bond motifs is 1. The maximum atomic E-state index is 6.12. The quantitative estimate of drug-likeness (QED) is 0.795. The fourth-order valence-electron chi connectivity index (χ4n) is 2.01. The first-order chi connectivity index (χ1) is 7.84. The van der Waals surface area contributed by atoms with Gasteiger partial charge in [-0.1, -0.05) is 6.07 Å². The number of H-pyrrole nitrogens is 1. The van der Waals surface area contributed by atoms with E-state index in [4.69, 9.17) is 10.5 Å². The van der Waals surface area contributed by atoms with Crippen LogP contribution in [0.3, 0.4) is 0 Å². The number of nitrogens with zero attached hydrogens (tertiary/aromatic N) is 1. The van der Waals surface area contributed by atoms with Crippen LogP contribution in [0.1, 0.15) is 23.0 Å². The van der Waals surface area contributed by atoms with Gasteiger partial charge < -0.3 is 15.5 Å². The van der Waals surface area contributed by atoms with Crippen molar-refractivity contribution >= 4 is 0 Å². The minimum atomic E-state index is -0.194. The second-order valence-electron chi connectivity index (χ2n) is 3.92. The van der Waals surface area contributed by atoms with Crippen LogP contribution in [0.4, 0.5) is 0 Å². The molecule has 4 nitrogen and oxygen atoms in total. The highest BCUT2D eigenvalue weighted by Gasteiger charge is 2.16. The standard InChI is InChI=1S/C12H13N3O/c13-11(12-14-4-5-15-12)9-1-2-10-8(7-9)3-6-16-10/h1-2,4-5,7,11H,3,6,13H2,(H,14,15). The topological polar surface area (TPSA) is 63.9 Å². The van der Waals surface area contributed by atoms with Crippen molar-refractivity contribution < 1.29 is 4.74 Å². The molecule has 0 aliphatic carbocycles. The number of ether oxygens (including phenoxy) is 1. The molecular formula is C12H13N3O. The lowest BCUT2D eigenvalue weighted by Gasteiger charge is -2.10. The summed E-state index contributed by atoms with van der Waals surface area (Å²) in [5.74, 6) is 1.77. The summed E-state index contributed by atoms with van der Waals surface area (Å²) in [6.07, 6.45) is 4.46. The first-order valence-corrected chi connectivity index (χ1v) is 5.35. The average Bonchev–Trinajstić information content (AvgIpc) is 2.98. The summed E-state index contributed by atoms with van der Waals surface area (Å²) in [7, 11) is 0. The van der Waals surface area contributed by atoms with E-state index in [0.29, 0.717) is 0 Å². The molecule has 1 aliphatic heterocycles. The van der Waals surface area contributed by atoms with Crippen LogP contribution >= 0.6 is 0 Å². The molecule has 0 bridgehead atoms. The van der Waals surface area contributed by atoms with Gasteiger partial charge >= 0.3 is 0 Å². The maximum absolute atomic E-state index is 6.12. The Bertz CT molecular complexity index is 493. The number of rotatable bonds is 2. The van der Waals surface area contributed by atoms with Crippen molar-refractivity contribution in [3.05, 3.63) is 47.5 Å². The third kappa shape index (κ3) is 1.47. The molecule has 2 heterocycles. The summed E-state index contributed by atoms with van der Waals surface area (Å²) in [5, 5.41) is 0. The predicted molar refractivity (Wildman–Crippen MR) is 60.3 cm³/mol. The zero-order valence-corrected chi connectivity index (χ0v) is 8.81. The predicted octanol–water partition coefficient (Wildman–Crippen LogP) is 1.39. The largest absolute Gasteiger partial charge is 0.493 e. The zero-order chi connectivity index (χ0) is 11.0. The van der Waals surface area contributed by atoms with Gasteiger partial charge in [0.05, 0.1) is 12.6 Å². The van der Waals surface area contributed by atoms with E-state index in [0.717, 1.165) is 30.2 Å². The summed E-state index contributed by atoms with van der Waals surface area (Å²) in [4.78, 5) is 7.21. The lowest BCUT2D eigenvalue weighted by Crippen LogP contribution is -2.13. The van der Waals surface area contributed by atoms with Gasteiger partial charge in [-0.25, -0.2) is 4.98 Å². The van der Waals surface area contributed by atoms with E-state index in [9.17, 15) is 0 Å². The molecule has 0 saturated carbocycles. The normalized spacial score (nSPS) is 15.6. The van der Waals surface area contributed by atoms with E-state index in [1.54, 1.807) is 12.4 Å². The lowest BCUT2D eigenvalue weighted by atomic mass is 10.0. The summed E-state index contributed by atoms with van der Waals surface area (Å²) in [6.45, 7) is 0.773. The number of nitrogens with one attached hydrogen (secondary N) is 1. The number of aromatic amines is 1. The highest BCUT2D eigenvalue weighted by atomic mass is 16.5. The Morgan fingerprint density at radius 1 is 1.44 bits per heavy atom. The molecule has 16 heavy (non-hydrogen) atoms. The molecule has 1 aliphatic rings. The maximum Gasteiger partial charge on any atom is 0.127 e. The number of imidazole rings is 1. The van der Waals surface area contributed by atoms with Crippen molar-refractivity contribution in [3.8, 4) is 5.75 Å². The van der Waals surface area contributed by atoms with Crippen LogP contribution in [-0.2, 0) is 6.42 Å². The molecule has 0 amide bonds. The fourth-order valence-corrected chi connectivity index (χ4v) is 2.01. The van der Waals surface area contributed by atoms with Crippen LogP contribution in [0.15, 0.2) is 30.6 Å². The Morgan fingerprint density at radius 3 is 3.19 bits per heavy atom. The number of benzene rings is 1. The van der Waals surface area contributed by atoms with E-state index in [-0.39, 0.29) is 6.04 Å². The van der Waals surface area contributed by atoms with Gasteiger partial charge in [0, 0.05) is 18.8 Å². The first-order valence-electron chi connectivity index (χ1n) is 5.35. The molecule has 0 radical (unpaired) electrons. The van der Waals surface area contributed by atoms with Gasteiger partial charge in [-0.2, -0.15) is 0 Å². The van der Waals surface area contributed by atoms with Gasteiger partial charge in [-0.05, 0) is 23.3 Å². The molecule has 4 heteroatoms. The molecule has 1 atom stereocenters. The van der Waals surface area contributed by atoms with Crippen LogP contribution in [0.5, 0.6) is 5.75 Å². The van der Waals surface area contributed by atoms with Gasteiger partial charge in [0.1, 0.15) is 11.6 Å². The summed E-state index contributed by atoms with van der Waals surface area (Å²) < 4.78 is 5.46. The van der Waals surface area contributed by atoms with E-state index < -0.39 is 0 Å². The van der Waals surface area contributed by atoms with Crippen LogP contribution in [0.25, 0.3) is 0 Å². The Morgan fingerprint density at radius 2 is 2.38 bits per heavy atom. The summed E-state index contributed by atoms with van der Waals surface area (Å²) in [6, 6.07) is 5.90. The van der Waals surface area contributed by atoms with Crippen molar-refractivity contribution in [2.45, 2.75) is 12.5 Å². The number of nitrogens with two attached hydrogens (primary N) is 1. The van der Waals surface area contributed by atoms with E-state index in [2.05, 4.69) is 16.0 Å². The minimum Gasteiger partial charge on any atom is -0.493 e. The Labute approximate surface area is 93.5 Å². The van der Waals surface area contributed by atoms with Crippen molar-refractivity contribution in [1.82, 2.24) is 9.97 Å². The third-order valence-corrected chi connectivity index (χ3v) is 2.89.